The number of hydrogen-bond donors (Lipinski definition) is 2. The van der Waals surface area contributed by atoms with Crippen molar-refractivity contribution >= 4 is 22.6 Å². The molecule has 2 N–H and O–H groups in total. The average molecular weight is 297 g/mol. The first-order valence-corrected chi connectivity index (χ1v) is 6.69. The number of amides is 1. The SMILES string of the molecule is COc1ccc(OC)c2[nH]c(C(=O)Nc3ccccn3)cc12. The van der Waals surface area contributed by atoms with Crippen LogP contribution in [0.15, 0.2) is 42.6 Å². The largest absolute Gasteiger partial charge is 0.496 e. The standard InChI is InChI=1S/C16H15N3O3/c1-21-12-6-7-13(22-2)15-10(12)9-11(18-15)16(20)19-14-5-3-4-8-17-14/h3-9,18H,1-2H3,(H,17,19,20). The Kier molecular flexibility index (Phi) is 3.65. The molecule has 0 atom stereocenters. The fourth-order valence-corrected chi connectivity index (χ4v) is 2.26. The van der Waals surface area contributed by atoms with Gasteiger partial charge in [0.15, 0.2) is 0 Å². The van der Waals surface area contributed by atoms with E-state index in [1.165, 1.54) is 0 Å². The summed E-state index contributed by atoms with van der Waals surface area (Å²) in [7, 11) is 3.16. The number of carbonyl (C=O) groups is 1. The van der Waals surface area contributed by atoms with Gasteiger partial charge < -0.3 is 19.8 Å². The molecular weight excluding hydrogens is 282 g/mol. The van der Waals surface area contributed by atoms with Crippen LogP contribution in [0.25, 0.3) is 10.9 Å². The summed E-state index contributed by atoms with van der Waals surface area (Å²) in [5, 5.41) is 3.52. The van der Waals surface area contributed by atoms with Crippen LogP contribution in [0, 0.1) is 0 Å². The monoisotopic (exact) mass is 297 g/mol. The quantitative estimate of drug-likeness (QED) is 0.776. The summed E-state index contributed by atoms with van der Waals surface area (Å²) in [5.74, 6) is 1.53. The predicted molar refractivity (Wildman–Crippen MR) is 83.6 cm³/mol. The van der Waals surface area contributed by atoms with Crippen LogP contribution in [0.5, 0.6) is 11.5 Å². The molecule has 112 valence electrons. The van der Waals surface area contributed by atoms with E-state index in [4.69, 9.17) is 9.47 Å². The van der Waals surface area contributed by atoms with Crippen molar-refractivity contribution in [1.82, 2.24) is 9.97 Å². The number of pyridine rings is 1. The first-order chi connectivity index (χ1) is 10.7. The van der Waals surface area contributed by atoms with Crippen molar-refractivity contribution in [3.05, 3.63) is 48.3 Å². The summed E-state index contributed by atoms with van der Waals surface area (Å²) in [5.41, 5.74) is 1.12. The van der Waals surface area contributed by atoms with Gasteiger partial charge >= 0.3 is 0 Å². The number of fused-ring (bicyclic) bond motifs is 1. The van der Waals surface area contributed by atoms with E-state index in [1.54, 1.807) is 56.8 Å². The maximum absolute atomic E-state index is 12.3. The summed E-state index contributed by atoms with van der Waals surface area (Å²) in [6.07, 6.45) is 1.62. The number of nitrogens with zero attached hydrogens (tertiary/aromatic N) is 1. The predicted octanol–water partition coefficient (Wildman–Crippen LogP) is 2.83. The molecule has 2 aromatic heterocycles. The van der Waals surface area contributed by atoms with Crippen LogP contribution in [0.2, 0.25) is 0 Å². The number of ether oxygens (including phenoxy) is 2. The summed E-state index contributed by atoms with van der Waals surface area (Å²) in [6, 6.07) is 10.6. The molecule has 0 saturated heterocycles. The molecule has 1 aromatic carbocycles. The summed E-state index contributed by atoms with van der Waals surface area (Å²) >= 11 is 0. The van der Waals surface area contributed by atoms with Gasteiger partial charge in [-0.1, -0.05) is 6.07 Å². The van der Waals surface area contributed by atoms with Gasteiger partial charge in [-0.05, 0) is 30.3 Å². The van der Waals surface area contributed by atoms with Gasteiger partial charge in [-0.3, -0.25) is 4.79 Å². The van der Waals surface area contributed by atoms with E-state index in [1.807, 2.05) is 0 Å². The number of aromatic nitrogens is 2. The number of carbonyl (C=O) groups excluding carboxylic acids is 1. The van der Waals surface area contributed by atoms with Gasteiger partial charge in [-0.15, -0.1) is 0 Å². The van der Waals surface area contributed by atoms with Gasteiger partial charge in [0, 0.05) is 11.6 Å². The molecule has 3 aromatic rings. The fourth-order valence-electron chi connectivity index (χ4n) is 2.26. The lowest BCUT2D eigenvalue weighted by atomic mass is 10.2. The molecule has 6 heteroatoms. The van der Waals surface area contributed by atoms with E-state index < -0.39 is 0 Å². The van der Waals surface area contributed by atoms with Crippen molar-refractivity contribution in [2.24, 2.45) is 0 Å². The smallest absolute Gasteiger partial charge is 0.273 e. The first kappa shape index (κ1) is 13.9. The highest BCUT2D eigenvalue weighted by Crippen LogP contribution is 2.33. The molecular formula is C16H15N3O3. The number of methoxy groups -OCH3 is 2. The average Bonchev–Trinajstić information content (AvgIpc) is 3.00. The maximum atomic E-state index is 12.3. The van der Waals surface area contributed by atoms with Gasteiger partial charge in [0.05, 0.1) is 19.7 Å². The maximum Gasteiger partial charge on any atom is 0.273 e. The zero-order chi connectivity index (χ0) is 15.5. The van der Waals surface area contributed by atoms with Crippen molar-refractivity contribution < 1.29 is 14.3 Å². The van der Waals surface area contributed by atoms with Crippen molar-refractivity contribution in [2.75, 3.05) is 19.5 Å². The highest BCUT2D eigenvalue weighted by molar-refractivity contribution is 6.07. The molecule has 0 radical (unpaired) electrons. The van der Waals surface area contributed by atoms with Crippen LogP contribution in [0.1, 0.15) is 10.5 Å². The molecule has 0 bridgehead atoms. The number of hydrogen-bond acceptors (Lipinski definition) is 4. The van der Waals surface area contributed by atoms with Crippen molar-refractivity contribution in [1.29, 1.82) is 0 Å². The minimum Gasteiger partial charge on any atom is -0.496 e. The Morgan fingerprint density at radius 2 is 1.91 bits per heavy atom. The first-order valence-electron chi connectivity index (χ1n) is 6.69. The van der Waals surface area contributed by atoms with Gasteiger partial charge in [-0.25, -0.2) is 4.98 Å². The zero-order valence-electron chi connectivity index (χ0n) is 12.2. The Labute approximate surface area is 127 Å². The fraction of sp³-hybridized carbons (Fsp3) is 0.125. The molecule has 0 aliphatic heterocycles. The third kappa shape index (κ3) is 2.46. The molecule has 0 saturated carbocycles. The van der Waals surface area contributed by atoms with E-state index in [-0.39, 0.29) is 5.91 Å². The molecule has 6 nitrogen and oxygen atoms in total. The minimum absolute atomic E-state index is 0.279. The number of H-pyrrole nitrogens is 1. The van der Waals surface area contributed by atoms with Gasteiger partial charge in [0.2, 0.25) is 0 Å². The normalized spacial score (nSPS) is 10.5. The second-order valence-corrected chi connectivity index (χ2v) is 4.61. The Bertz CT molecular complexity index is 771. The molecule has 22 heavy (non-hydrogen) atoms. The Morgan fingerprint density at radius 1 is 1.14 bits per heavy atom. The van der Waals surface area contributed by atoms with Crippen molar-refractivity contribution in [2.45, 2.75) is 0 Å². The number of anilines is 1. The molecule has 2 heterocycles. The third-order valence-corrected chi connectivity index (χ3v) is 3.31. The van der Waals surface area contributed by atoms with E-state index in [0.717, 1.165) is 5.39 Å². The van der Waals surface area contributed by atoms with Crippen LogP contribution in [-0.4, -0.2) is 30.1 Å². The van der Waals surface area contributed by atoms with Crippen LogP contribution in [0.4, 0.5) is 5.82 Å². The number of nitrogens with one attached hydrogen (secondary N) is 2. The lowest BCUT2D eigenvalue weighted by molar-refractivity contribution is 0.102. The van der Waals surface area contributed by atoms with Crippen LogP contribution >= 0.6 is 0 Å². The number of aromatic amines is 1. The molecule has 0 aliphatic rings. The second kappa shape index (κ2) is 5.77. The Morgan fingerprint density at radius 3 is 2.59 bits per heavy atom. The summed E-state index contributed by atoms with van der Waals surface area (Å²) in [6.45, 7) is 0. The van der Waals surface area contributed by atoms with Crippen LogP contribution < -0.4 is 14.8 Å². The topological polar surface area (TPSA) is 76.2 Å². The summed E-state index contributed by atoms with van der Waals surface area (Å²) in [4.78, 5) is 19.5. The third-order valence-electron chi connectivity index (χ3n) is 3.31. The molecule has 0 fully saturated rings. The summed E-state index contributed by atoms with van der Waals surface area (Å²) < 4.78 is 10.6. The van der Waals surface area contributed by atoms with Crippen LogP contribution in [-0.2, 0) is 0 Å². The Balaban J connectivity index is 1.99. The molecule has 0 unspecified atom stereocenters. The number of benzene rings is 1. The van der Waals surface area contributed by atoms with Crippen molar-refractivity contribution in [3.8, 4) is 11.5 Å². The van der Waals surface area contributed by atoms with Crippen LogP contribution in [0.3, 0.4) is 0 Å². The molecule has 1 amide bonds. The molecule has 3 rings (SSSR count). The molecule has 0 aliphatic carbocycles. The minimum atomic E-state index is -0.279. The van der Waals surface area contributed by atoms with E-state index in [0.29, 0.717) is 28.5 Å². The zero-order valence-corrected chi connectivity index (χ0v) is 12.2. The van der Waals surface area contributed by atoms with E-state index in [2.05, 4.69) is 15.3 Å². The van der Waals surface area contributed by atoms with Gasteiger partial charge in [0.1, 0.15) is 23.0 Å². The number of rotatable bonds is 4. The van der Waals surface area contributed by atoms with E-state index in [9.17, 15) is 4.79 Å². The lowest BCUT2D eigenvalue weighted by Crippen LogP contribution is -2.12. The highest BCUT2D eigenvalue weighted by Gasteiger charge is 2.15. The highest BCUT2D eigenvalue weighted by atomic mass is 16.5. The van der Waals surface area contributed by atoms with E-state index >= 15 is 0 Å². The van der Waals surface area contributed by atoms with Gasteiger partial charge in [0.25, 0.3) is 5.91 Å². The second-order valence-electron chi connectivity index (χ2n) is 4.61. The lowest BCUT2D eigenvalue weighted by Gasteiger charge is -2.05. The van der Waals surface area contributed by atoms with Gasteiger partial charge in [-0.2, -0.15) is 0 Å². The van der Waals surface area contributed by atoms with Crippen molar-refractivity contribution in [3.63, 3.8) is 0 Å². The molecule has 0 spiro atoms. The Hall–Kier alpha value is -3.02.